The van der Waals surface area contributed by atoms with Gasteiger partial charge >= 0.3 is 5.97 Å². The minimum Gasteiger partial charge on any atom is -0.495 e. The zero-order valence-electron chi connectivity index (χ0n) is 10.0. The van der Waals surface area contributed by atoms with E-state index in [0.717, 1.165) is 0 Å². The van der Waals surface area contributed by atoms with Gasteiger partial charge in [0.1, 0.15) is 19.0 Å². The molecule has 0 saturated carbocycles. The first kappa shape index (κ1) is 13.0. The molecule has 5 nitrogen and oxygen atoms in total. The van der Waals surface area contributed by atoms with Crippen molar-refractivity contribution in [3.63, 3.8) is 0 Å². The predicted molar refractivity (Wildman–Crippen MR) is 67.7 cm³/mol. The standard InChI is InChI=1S/C12H13BrO5/c1-6(12(14)15)9-10(16-2)7(13)5-8-11(9)18-4-3-17-8/h5-6H,3-4H2,1-2H3,(H,14,15). The molecule has 0 fully saturated rings. The quantitative estimate of drug-likeness (QED) is 0.927. The van der Waals surface area contributed by atoms with Gasteiger partial charge in [-0.05, 0) is 22.9 Å². The van der Waals surface area contributed by atoms with Crippen molar-refractivity contribution in [2.24, 2.45) is 0 Å². The van der Waals surface area contributed by atoms with Crippen molar-refractivity contribution in [3.05, 3.63) is 16.1 Å². The number of rotatable bonds is 3. The minimum atomic E-state index is -0.942. The maximum Gasteiger partial charge on any atom is 0.310 e. The van der Waals surface area contributed by atoms with Crippen LogP contribution in [0.15, 0.2) is 10.5 Å². The van der Waals surface area contributed by atoms with Crippen LogP contribution in [0.2, 0.25) is 0 Å². The highest BCUT2D eigenvalue weighted by molar-refractivity contribution is 9.10. The summed E-state index contributed by atoms with van der Waals surface area (Å²) in [6.07, 6.45) is 0. The molecule has 1 aliphatic rings. The Hall–Kier alpha value is -1.43. The normalized spacial score (nSPS) is 15.1. The van der Waals surface area contributed by atoms with Crippen LogP contribution in [-0.2, 0) is 4.79 Å². The van der Waals surface area contributed by atoms with Crippen LogP contribution in [0.1, 0.15) is 18.4 Å². The van der Waals surface area contributed by atoms with Gasteiger partial charge in [0.25, 0.3) is 0 Å². The number of aliphatic carboxylic acids is 1. The third kappa shape index (κ3) is 2.12. The molecule has 1 atom stereocenters. The van der Waals surface area contributed by atoms with Gasteiger partial charge in [-0.2, -0.15) is 0 Å². The van der Waals surface area contributed by atoms with E-state index < -0.39 is 11.9 Å². The SMILES string of the molecule is COc1c(Br)cc2c(c1C(C)C(=O)O)OCCO2. The Morgan fingerprint density at radius 3 is 2.78 bits per heavy atom. The van der Waals surface area contributed by atoms with Crippen molar-refractivity contribution in [1.29, 1.82) is 0 Å². The summed E-state index contributed by atoms with van der Waals surface area (Å²) in [6.45, 7) is 2.44. The summed E-state index contributed by atoms with van der Waals surface area (Å²) in [5, 5.41) is 9.18. The van der Waals surface area contributed by atoms with Gasteiger partial charge in [0.2, 0.25) is 0 Å². The van der Waals surface area contributed by atoms with Crippen LogP contribution in [-0.4, -0.2) is 31.4 Å². The molecule has 1 aromatic rings. The highest BCUT2D eigenvalue weighted by Gasteiger charge is 2.29. The number of carbonyl (C=O) groups is 1. The Labute approximate surface area is 113 Å². The van der Waals surface area contributed by atoms with E-state index in [1.54, 1.807) is 13.0 Å². The smallest absolute Gasteiger partial charge is 0.310 e. The molecule has 0 radical (unpaired) electrons. The second kappa shape index (κ2) is 5.06. The number of hydrogen-bond acceptors (Lipinski definition) is 4. The van der Waals surface area contributed by atoms with Gasteiger partial charge in [-0.1, -0.05) is 0 Å². The first-order valence-electron chi connectivity index (χ1n) is 5.45. The second-order valence-electron chi connectivity index (χ2n) is 3.89. The van der Waals surface area contributed by atoms with Gasteiger partial charge in [0.05, 0.1) is 23.1 Å². The summed E-state index contributed by atoms with van der Waals surface area (Å²) in [7, 11) is 1.49. The van der Waals surface area contributed by atoms with Crippen LogP contribution in [0.25, 0.3) is 0 Å². The molecular formula is C12H13BrO5. The lowest BCUT2D eigenvalue weighted by atomic mass is 9.98. The second-order valence-corrected chi connectivity index (χ2v) is 4.74. The molecule has 0 saturated heterocycles. The molecule has 18 heavy (non-hydrogen) atoms. The summed E-state index contributed by atoms with van der Waals surface area (Å²) in [6, 6.07) is 1.73. The Balaban J connectivity index is 2.65. The average molecular weight is 317 g/mol. The molecule has 0 aromatic heterocycles. The van der Waals surface area contributed by atoms with Crippen molar-refractivity contribution in [1.82, 2.24) is 0 Å². The Bertz CT molecular complexity index is 486. The first-order valence-corrected chi connectivity index (χ1v) is 6.24. The van der Waals surface area contributed by atoms with Crippen LogP contribution >= 0.6 is 15.9 Å². The summed E-state index contributed by atoms with van der Waals surface area (Å²) >= 11 is 3.35. The molecular weight excluding hydrogens is 304 g/mol. The minimum absolute atomic E-state index is 0.400. The van der Waals surface area contributed by atoms with Crippen molar-refractivity contribution in [2.45, 2.75) is 12.8 Å². The van der Waals surface area contributed by atoms with Gasteiger partial charge in [-0.3, -0.25) is 4.79 Å². The van der Waals surface area contributed by atoms with Gasteiger partial charge < -0.3 is 19.3 Å². The first-order chi connectivity index (χ1) is 8.56. The number of fused-ring (bicyclic) bond motifs is 1. The van der Waals surface area contributed by atoms with Crippen LogP contribution in [0, 0.1) is 0 Å². The van der Waals surface area contributed by atoms with E-state index in [1.165, 1.54) is 7.11 Å². The summed E-state index contributed by atoms with van der Waals surface area (Å²) in [5.74, 6) is -0.224. The van der Waals surface area contributed by atoms with Crippen molar-refractivity contribution >= 4 is 21.9 Å². The number of benzene rings is 1. The molecule has 1 unspecified atom stereocenters. The summed E-state index contributed by atoms with van der Waals surface area (Å²) in [4.78, 5) is 11.2. The molecule has 0 aliphatic carbocycles. The number of hydrogen-bond donors (Lipinski definition) is 1. The molecule has 0 amide bonds. The third-order valence-corrected chi connectivity index (χ3v) is 3.37. The molecule has 1 N–H and O–H groups in total. The summed E-state index contributed by atoms with van der Waals surface area (Å²) < 4.78 is 16.9. The van der Waals surface area contributed by atoms with Crippen LogP contribution in [0.5, 0.6) is 17.2 Å². The third-order valence-electron chi connectivity index (χ3n) is 2.78. The van der Waals surface area contributed by atoms with E-state index in [4.69, 9.17) is 14.2 Å². The maximum absolute atomic E-state index is 11.2. The highest BCUT2D eigenvalue weighted by atomic mass is 79.9. The average Bonchev–Trinajstić information content (AvgIpc) is 2.36. The Morgan fingerprint density at radius 1 is 1.50 bits per heavy atom. The molecule has 98 valence electrons. The molecule has 1 aliphatic heterocycles. The number of halogens is 1. The van der Waals surface area contributed by atoms with Crippen LogP contribution in [0.4, 0.5) is 0 Å². The van der Waals surface area contributed by atoms with Crippen molar-refractivity contribution in [2.75, 3.05) is 20.3 Å². The number of carboxylic acids is 1. The highest BCUT2D eigenvalue weighted by Crippen LogP contribution is 2.47. The van der Waals surface area contributed by atoms with Crippen LogP contribution < -0.4 is 14.2 Å². The molecule has 0 bridgehead atoms. The van der Waals surface area contributed by atoms with Gasteiger partial charge in [0.15, 0.2) is 11.5 Å². The lowest BCUT2D eigenvalue weighted by Crippen LogP contribution is -2.19. The van der Waals surface area contributed by atoms with E-state index in [1.807, 2.05) is 0 Å². The zero-order chi connectivity index (χ0) is 13.3. The van der Waals surface area contributed by atoms with E-state index in [2.05, 4.69) is 15.9 Å². The van der Waals surface area contributed by atoms with E-state index in [9.17, 15) is 9.90 Å². The zero-order valence-corrected chi connectivity index (χ0v) is 11.6. The topological polar surface area (TPSA) is 65.0 Å². The van der Waals surface area contributed by atoms with Crippen LogP contribution in [0.3, 0.4) is 0 Å². The largest absolute Gasteiger partial charge is 0.495 e. The number of ether oxygens (including phenoxy) is 3. The molecule has 1 heterocycles. The van der Waals surface area contributed by atoms with Crippen molar-refractivity contribution in [3.8, 4) is 17.2 Å². The molecule has 6 heteroatoms. The molecule has 2 rings (SSSR count). The predicted octanol–water partition coefficient (Wildman–Crippen LogP) is 2.42. The fraction of sp³-hybridized carbons (Fsp3) is 0.417. The van der Waals surface area contributed by atoms with E-state index in [0.29, 0.717) is 40.5 Å². The lowest BCUT2D eigenvalue weighted by molar-refractivity contribution is -0.138. The molecule has 1 aromatic carbocycles. The Morgan fingerprint density at radius 2 is 2.17 bits per heavy atom. The maximum atomic E-state index is 11.2. The van der Waals surface area contributed by atoms with Gasteiger partial charge in [-0.15, -0.1) is 0 Å². The fourth-order valence-corrected chi connectivity index (χ4v) is 2.47. The number of carboxylic acid groups (broad SMARTS) is 1. The van der Waals surface area contributed by atoms with E-state index in [-0.39, 0.29) is 0 Å². The fourth-order valence-electron chi connectivity index (χ4n) is 1.89. The number of methoxy groups -OCH3 is 1. The molecule has 0 spiro atoms. The lowest BCUT2D eigenvalue weighted by Gasteiger charge is -2.25. The Kier molecular flexibility index (Phi) is 3.65. The van der Waals surface area contributed by atoms with E-state index >= 15 is 0 Å². The monoisotopic (exact) mass is 316 g/mol. The summed E-state index contributed by atoms with van der Waals surface area (Å²) in [5.41, 5.74) is 0.495. The van der Waals surface area contributed by atoms with Crippen molar-refractivity contribution < 1.29 is 24.1 Å². The van der Waals surface area contributed by atoms with Gasteiger partial charge in [0, 0.05) is 6.07 Å². The van der Waals surface area contributed by atoms with Gasteiger partial charge in [-0.25, -0.2) is 0 Å².